The van der Waals surface area contributed by atoms with Crippen molar-refractivity contribution < 1.29 is 9.18 Å². The molecule has 1 aromatic rings. The van der Waals surface area contributed by atoms with E-state index in [1.165, 1.54) is 12.1 Å². The fourth-order valence-electron chi connectivity index (χ4n) is 2.85. The van der Waals surface area contributed by atoms with E-state index in [4.69, 9.17) is 11.6 Å². The van der Waals surface area contributed by atoms with E-state index in [1.54, 1.807) is 11.0 Å². The minimum Gasteiger partial charge on any atom is -0.338 e. The Morgan fingerprint density at radius 2 is 2.00 bits per heavy atom. The highest BCUT2D eigenvalue weighted by molar-refractivity contribution is 6.30. The van der Waals surface area contributed by atoms with Crippen molar-refractivity contribution >= 4 is 17.5 Å². The molecule has 96 valence electrons. The minimum absolute atomic E-state index is 0.118. The van der Waals surface area contributed by atoms with Crippen LogP contribution in [0.4, 0.5) is 4.39 Å². The monoisotopic (exact) mass is 268 g/mol. The molecule has 3 nitrogen and oxygen atoms in total. The average molecular weight is 269 g/mol. The third-order valence-corrected chi connectivity index (χ3v) is 4.07. The zero-order valence-corrected chi connectivity index (χ0v) is 10.6. The van der Waals surface area contributed by atoms with E-state index in [1.807, 2.05) is 0 Å². The number of fused-ring (bicyclic) bond motifs is 1. The molecule has 2 saturated heterocycles. The zero-order chi connectivity index (χ0) is 12.7. The Kier molecular flexibility index (Phi) is 2.99. The topological polar surface area (TPSA) is 32.3 Å². The van der Waals surface area contributed by atoms with Crippen molar-refractivity contribution in [1.29, 1.82) is 0 Å². The maximum absolute atomic E-state index is 13.7. The van der Waals surface area contributed by atoms with Crippen LogP contribution in [0, 0.1) is 17.7 Å². The molecule has 3 rings (SSSR count). The first-order valence-electron chi connectivity index (χ1n) is 6.10. The average Bonchev–Trinajstić information content (AvgIpc) is 2.87. The van der Waals surface area contributed by atoms with Crippen LogP contribution in [0.15, 0.2) is 18.2 Å². The van der Waals surface area contributed by atoms with Crippen molar-refractivity contribution in [2.75, 3.05) is 26.2 Å². The summed E-state index contributed by atoms with van der Waals surface area (Å²) in [6.07, 6.45) is 0. The normalized spacial score (nSPS) is 26.4. The molecule has 0 aliphatic carbocycles. The summed E-state index contributed by atoms with van der Waals surface area (Å²) in [5, 5.41) is 3.62. The molecule has 2 aliphatic heterocycles. The fourth-order valence-corrected chi connectivity index (χ4v) is 3.01. The minimum atomic E-state index is -0.539. The lowest BCUT2D eigenvalue weighted by atomic mass is 10.0. The van der Waals surface area contributed by atoms with Gasteiger partial charge >= 0.3 is 0 Å². The predicted octanol–water partition coefficient (Wildman–Crippen LogP) is 1.77. The van der Waals surface area contributed by atoms with Gasteiger partial charge in [0.1, 0.15) is 5.82 Å². The van der Waals surface area contributed by atoms with Crippen molar-refractivity contribution in [3.8, 4) is 0 Å². The molecule has 0 radical (unpaired) electrons. The van der Waals surface area contributed by atoms with Gasteiger partial charge in [0.25, 0.3) is 5.91 Å². The summed E-state index contributed by atoms with van der Waals surface area (Å²) < 4.78 is 13.7. The van der Waals surface area contributed by atoms with Gasteiger partial charge in [-0.15, -0.1) is 0 Å². The van der Waals surface area contributed by atoms with Crippen molar-refractivity contribution in [2.24, 2.45) is 11.8 Å². The second-order valence-corrected chi connectivity index (χ2v) is 5.45. The maximum atomic E-state index is 13.7. The quantitative estimate of drug-likeness (QED) is 0.842. The number of nitrogens with zero attached hydrogens (tertiary/aromatic N) is 1. The molecule has 2 heterocycles. The van der Waals surface area contributed by atoms with Crippen molar-refractivity contribution in [1.82, 2.24) is 10.2 Å². The Labute approximate surface area is 110 Å². The second kappa shape index (κ2) is 4.52. The molecule has 18 heavy (non-hydrogen) atoms. The van der Waals surface area contributed by atoms with Crippen molar-refractivity contribution in [3.05, 3.63) is 34.6 Å². The summed E-state index contributed by atoms with van der Waals surface area (Å²) in [6.45, 7) is 3.35. The van der Waals surface area contributed by atoms with Crippen LogP contribution in [0.3, 0.4) is 0 Å². The van der Waals surface area contributed by atoms with E-state index in [9.17, 15) is 9.18 Å². The van der Waals surface area contributed by atoms with E-state index < -0.39 is 5.82 Å². The summed E-state index contributed by atoms with van der Waals surface area (Å²) in [5.74, 6) is 0.273. The van der Waals surface area contributed by atoms with Gasteiger partial charge in [-0.2, -0.15) is 0 Å². The van der Waals surface area contributed by atoms with Gasteiger partial charge in [0.15, 0.2) is 0 Å². The first-order chi connectivity index (χ1) is 8.65. The lowest BCUT2D eigenvalue weighted by molar-refractivity contribution is 0.0777. The van der Waals surface area contributed by atoms with Gasteiger partial charge in [-0.05, 0) is 30.0 Å². The summed E-state index contributed by atoms with van der Waals surface area (Å²) in [4.78, 5) is 14.0. The van der Waals surface area contributed by atoms with Gasteiger partial charge in [-0.25, -0.2) is 4.39 Å². The first-order valence-corrected chi connectivity index (χ1v) is 6.48. The highest BCUT2D eigenvalue weighted by atomic mass is 35.5. The molecule has 2 unspecified atom stereocenters. The largest absolute Gasteiger partial charge is 0.338 e. The summed E-state index contributed by atoms with van der Waals surface area (Å²) in [5.41, 5.74) is 0.118. The van der Waals surface area contributed by atoms with E-state index in [0.717, 1.165) is 26.2 Å². The SMILES string of the molecule is O=C(c1ccc(Cl)cc1F)N1CC2CNCC2C1. The van der Waals surface area contributed by atoms with Crippen LogP contribution in [0.2, 0.25) is 5.02 Å². The molecule has 1 N–H and O–H groups in total. The molecule has 0 spiro atoms. The number of rotatable bonds is 1. The molecule has 2 fully saturated rings. The third-order valence-electron chi connectivity index (χ3n) is 3.84. The molecule has 2 aliphatic rings. The van der Waals surface area contributed by atoms with E-state index in [0.29, 0.717) is 16.9 Å². The first kappa shape index (κ1) is 11.9. The molecule has 5 heteroatoms. The number of hydrogen-bond donors (Lipinski definition) is 1. The standard InChI is InChI=1S/C13H14ClFN2O/c14-10-1-2-11(12(15)3-10)13(18)17-6-8-4-16-5-9(8)7-17/h1-3,8-9,16H,4-7H2. The predicted molar refractivity (Wildman–Crippen MR) is 67.2 cm³/mol. The number of halogens is 2. The highest BCUT2D eigenvalue weighted by Gasteiger charge is 2.38. The molecule has 0 saturated carbocycles. The van der Waals surface area contributed by atoms with Crippen LogP contribution in [0.25, 0.3) is 0 Å². The number of carbonyl (C=O) groups is 1. The Morgan fingerprint density at radius 1 is 1.33 bits per heavy atom. The van der Waals surface area contributed by atoms with Crippen molar-refractivity contribution in [3.63, 3.8) is 0 Å². The summed E-state index contributed by atoms with van der Waals surface area (Å²) in [6, 6.07) is 4.20. The fraction of sp³-hybridized carbons (Fsp3) is 0.462. The van der Waals surface area contributed by atoms with Crippen molar-refractivity contribution in [2.45, 2.75) is 0 Å². The number of nitrogens with one attached hydrogen (secondary N) is 1. The van der Waals surface area contributed by atoms with Crippen LogP contribution in [0.1, 0.15) is 10.4 Å². The van der Waals surface area contributed by atoms with Gasteiger partial charge in [-0.1, -0.05) is 11.6 Å². The lowest BCUT2D eigenvalue weighted by Gasteiger charge is -2.17. The van der Waals surface area contributed by atoms with Gasteiger partial charge in [-0.3, -0.25) is 4.79 Å². The number of likely N-dealkylation sites (tertiary alicyclic amines) is 1. The Hall–Kier alpha value is -1.13. The maximum Gasteiger partial charge on any atom is 0.256 e. The van der Waals surface area contributed by atoms with Crippen LogP contribution < -0.4 is 5.32 Å². The molecule has 0 bridgehead atoms. The summed E-state index contributed by atoms with van der Waals surface area (Å²) in [7, 11) is 0. The molecule has 0 aromatic heterocycles. The summed E-state index contributed by atoms with van der Waals surface area (Å²) >= 11 is 5.69. The number of amides is 1. The smallest absolute Gasteiger partial charge is 0.256 e. The molecular formula is C13H14ClFN2O. The van der Waals surface area contributed by atoms with E-state index in [2.05, 4.69) is 5.32 Å². The van der Waals surface area contributed by atoms with Gasteiger partial charge in [0, 0.05) is 31.2 Å². The second-order valence-electron chi connectivity index (χ2n) is 5.01. The van der Waals surface area contributed by atoms with Gasteiger partial charge in [0.05, 0.1) is 5.56 Å². The lowest BCUT2D eigenvalue weighted by Crippen LogP contribution is -2.32. The van der Waals surface area contributed by atoms with Gasteiger partial charge in [0.2, 0.25) is 0 Å². The molecule has 1 aromatic carbocycles. The van der Waals surface area contributed by atoms with E-state index in [-0.39, 0.29) is 11.5 Å². The van der Waals surface area contributed by atoms with Crippen LogP contribution >= 0.6 is 11.6 Å². The Morgan fingerprint density at radius 3 is 2.61 bits per heavy atom. The molecule has 1 amide bonds. The number of hydrogen-bond acceptors (Lipinski definition) is 2. The van der Waals surface area contributed by atoms with Crippen LogP contribution in [0.5, 0.6) is 0 Å². The Bertz CT molecular complexity index is 482. The third kappa shape index (κ3) is 1.99. The zero-order valence-electron chi connectivity index (χ0n) is 9.83. The number of carbonyl (C=O) groups excluding carboxylic acids is 1. The highest BCUT2D eigenvalue weighted by Crippen LogP contribution is 2.28. The van der Waals surface area contributed by atoms with Crippen LogP contribution in [-0.4, -0.2) is 37.0 Å². The Balaban J connectivity index is 1.79. The van der Waals surface area contributed by atoms with Crippen LogP contribution in [-0.2, 0) is 0 Å². The molecular weight excluding hydrogens is 255 g/mol. The van der Waals surface area contributed by atoms with E-state index >= 15 is 0 Å². The molecule has 2 atom stereocenters. The number of benzene rings is 1. The van der Waals surface area contributed by atoms with Gasteiger partial charge < -0.3 is 10.2 Å².